The Kier molecular flexibility index (Phi) is 3.78. The van der Waals surface area contributed by atoms with Gasteiger partial charge < -0.3 is 5.11 Å². The average molecular weight is 340 g/mol. The third-order valence-corrected chi connectivity index (χ3v) is 8.63. The van der Waals surface area contributed by atoms with Crippen LogP contribution in [0.4, 0.5) is 8.78 Å². The van der Waals surface area contributed by atoms with E-state index < -0.39 is 23.2 Å². The number of halogens is 2. The zero-order chi connectivity index (χ0) is 17.3. The highest BCUT2D eigenvalue weighted by Gasteiger charge is 2.70. The molecule has 24 heavy (non-hydrogen) atoms. The van der Waals surface area contributed by atoms with Gasteiger partial charge >= 0.3 is 5.97 Å². The Labute approximate surface area is 143 Å². The van der Waals surface area contributed by atoms with Crippen LogP contribution in [-0.4, -0.2) is 17.0 Å². The van der Waals surface area contributed by atoms with E-state index in [1.807, 2.05) is 0 Å². The smallest absolute Gasteiger partial charge is 0.307 e. The number of hydrogen-bond acceptors (Lipinski definition) is 1. The zero-order valence-corrected chi connectivity index (χ0v) is 14.8. The van der Waals surface area contributed by atoms with Crippen LogP contribution in [0.2, 0.25) is 0 Å². The number of carboxylic acids is 1. The molecule has 1 N–H and O–H groups in total. The number of alkyl halides is 2. The Morgan fingerprint density at radius 3 is 2.42 bits per heavy atom. The molecular formula is C20H30F2O2. The first-order valence-electron chi connectivity index (χ1n) is 9.86. The van der Waals surface area contributed by atoms with Crippen molar-refractivity contribution in [3.05, 3.63) is 0 Å². The molecule has 136 valence electrons. The normalized spacial score (nSPS) is 52.9. The van der Waals surface area contributed by atoms with Gasteiger partial charge in [-0.1, -0.05) is 20.3 Å². The molecule has 0 amide bonds. The maximum atomic E-state index is 15.3. The van der Waals surface area contributed by atoms with E-state index >= 15 is 8.78 Å². The van der Waals surface area contributed by atoms with Crippen LogP contribution in [-0.2, 0) is 4.79 Å². The quantitative estimate of drug-likeness (QED) is 0.710. The van der Waals surface area contributed by atoms with Crippen LogP contribution in [0.3, 0.4) is 0 Å². The lowest BCUT2D eigenvalue weighted by atomic mass is 9.48. The van der Waals surface area contributed by atoms with E-state index in [0.717, 1.165) is 18.8 Å². The van der Waals surface area contributed by atoms with E-state index in [9.17, 15) is 9.90 Å². The first-order valence-corrected chi connectivity index (χ1v) is 9.86. The second-order valence-corrected chi connectivity index (χ2v) is 9.51. The Morgan fingerprint density at radius 2 is 1.71 bits per heavy atom. The summed E-state index contributed by atoms with van der Waals surface area (Å²) in [6, 6.07) is 0. The topological polar surface area (TPSA) is 37.3 Å². The number of rotatable bonds is 1. The number of carbonyl (C=O) groups is 1. The van der Waals surface area contributed by atoms with Crippen LogP contribution in [0.5, 0.6) is 0 Å². The van der Waals surface area contributed by atoms with Gasteiger partial charge in [0.05, 0.1) is 5.92 Å². The number of carboxylic acid groups (broad SMARTS) is 1. The van der Waals surface area contributed by atoms with E-state index in [2.05, 4.69) is 6.92 Å². The maximum absolute atomic E-state index is 15.3. The lowest BCUT2D eigenvalue weighted by Gasteiger charge is -2.58. The molecule has 0 aromatic heterocycles. The Hall–Kier alpha value is -0.670. The highest BCUT2D eigenvalue weighted by molar-refractivity contribution is 5.72. The first-order chi connectivity index (χ1) is 11.3. The largest absolute Gasteiger partial charge is 0.481 e. The lowest BCUT2D eigenvalue weighted by molar-refractivity contribution is -0.229. The lowest BCUT2D eigenvalue weighted by Crippen LogP contribution is -2.59. The fourth-order valence-electron chi connectivity index (χ4n) is 7.44. The highest BCUT2D eigenvalue weighted by atomic mass is 19.3. The van der Waals surface area contributed by atoms with Crippen LogP contribution < -0.4 is 0 Å². The van der Waals surface area contributed by atoms with Crippen LogP contribution in [0.1, 0.15) is 65.2 Å². The van der Waals surface area contributed by atoms with Crippen molar-refractivity contribution in [2.24, 2.45) is 46.8 Å². The van der Waals surface area contributed by atoms with Gasteiger partial charge in [-0.25, -0.2) is 8.78 Å². The summed E-state index contributed by atoms with van der Waals surface area (Å²) < 4.78 is 30.6. The van der Waals surface area contributed by atoms with Crippen LogP contribution >= 0.6 is 0 Å². The van der Waals surface area contributed by atoms with Crippen molar-refractivity contribution in [3.8, 4) is 0 Å². The fraction of sp³-hybridized carbons (Fsp3) is 0.950. The second-order valence-electron chi connectivity index (χ2n) is 9.51. The fourth-order valence-corrected chi connectivity index (χ4v) is 7.44. The summed E-state index contributed by atoms with van der Waals surface area (Å²) in [5.74, 6) is -2.56. The molecule has 0 heterocycles. The SMILES string of the molecule is CC1CCC2C(CCC3C2CC(F)(F)C2(C)C(C(=O)O)CCC32)C1. The molecule has 0 aromatic rings. The predicted octanol–water partition coefficient (Wildman–Crippen LogP) is 5.22. The van der Waals surface area contributed by atoms with Gasteiger partial charge in [-0.3, -0.25) is 4.79 Å². The van der Waals surface area contributed by atoms with E-state index in [1.165, 1.54) is 19.3 Å². The van der Waals surface area contributed by atoms with Crippen LogP contribution in [0.25, 0.3) is 0 Å². The molecule has 8 atom stereocenters. The molecule has 0 aliphatic heterocycles. The van der Waals surface area contributed by atoms with Crippen molar-refractivity contribution in [2.45, 2.75) is 71.1 Å². The molecule has 0 aromatic carbocycles. The zero-order valence-electron chi connectivity index (χ0n) is 14.8. The van der Waals surface area contributed by atoms with Gasteiger partial charge in [0.15, 0.2) is 0 Å². The van der Waals surface area contributed by atoms with Crippen LogP contribution in [0, 0.1) is 46.8 Å². The van der Waals surface area contributed by atoms with E-state index in [4.69, 9.17) is 0 Å². The molecule has 4 aliphatic carbocycles. The minimum atomic E-state index is -2.84. The summed E-state index contributed by atoms with van der Waals surface area (Å²) >= 11 is 0. The molecule has 0 bridgehead atoms. The second kappa shape index (κ2) is 5.41. The third-order valence-electron chi connectivity index (χ3n) is 8.63. The van der Waals surface area contributed by atoms with Gasteiger partial charge in [0.1, 0.15) is 0 Å². The monoisotopic (exact) mass is 340 g/mol. The summed E-state index contributed by atoms with van der Waals surface area (Å²) in [6.45, 7) is 3.89. The van der Waals surface area contributed by atoms with Crippen molar-refractivity contribution in [2.75, 3.05) is 0 Å². The number of aliphatic carboxylic acids is 1. The van der Waals surface area contributed by atoms with Crippen LogP contribution in [0.15, 0.2) is 0 Å². The Morgan fingerprint density at radius 1 is 1.00 bits per heavy atom. The van der Waals surface area contributed by atoms with Crippen molar-refractivity contribution in [1.82, 2.24) is 0 Å². The molecule has 0 radical (unpaired) electrons. The Balaban J connectivity index is 1.67. The summed E-state index contributed by atoms with van der Waals surface area (Å²) in [5.41, 5.74) is -1.34. The van der Waals surface area contributed by atoms with Crippen molar-refractivity contribution >= 4 is 5.97 Å². The highest BCUT2D eigenvalue weighted by Crippen LogP contribution is 2.68. The molecule has 4 fully saturated rings. The minimum absolute atomic E-state index is 0.0655. The summed E-state index contributed by atoms with van der Waals surface area (Å²) in [7, 11) is 0. The predicted molar refractivity (Wildman–Crippen MR) is 87.7 cm³/mol. The van der Waals surface area contributed by atoms with Gasteiger partial charge in [0, 0.05) is 11.8 Å². The Bertz CT molecular complexity index is 534. The number of hydrogen-bond donors (Lipinski definition) is 1. The van der Waals surface area contributed by atoms with Crippen molar-refractivity contribution in [1.29, 1.82) is 0 Å². The minimum Gasteiger partial charge on any atom is -0.481 e. The van der Waals surface area contributed by atoms with Gasteiger partial charge in [0.25, 0.3) is 5.92 Å². The van der Waals surface area contributed by atoms with Gasteiger partial charge in [-0.05, 0) is 74.0 Å². The molecule has 8 unspecified atom stereocenters. The maximum Gasteiger partial charge on any atom is 0.307 e. The standard InChI is InChI=1S/C20H30F2O2/c1-11-3-5-13-12(9-11)4-6-14-15(13)10-20(21,22)19(2)16(14)7-8-17(19)18(23)24/h11-17H,3-10H2,1-2H3,(H,23,24). The summed E-state index contributed by atoms with van der Waals surface area (Å²) in [5, 5.41) is 9.53. The third kappa shape index (κ3) is 2.13. The van der Waals surface area contributed by atoms with Crippen molar-refractivity contribution < 1.29 is 18.7 Å². The molecule has 2 nitrogen and oxygen atoms in total. The van der Waals surface area contributed by atoms with E-state index in [1.54, 1.807) is 6.92 Å². The van der Waals surface area contributed by atoms with Gasteiger partial charge in [0.2, 0.25) is 0 Å². The molecule has 0 saturated heterocycles. The van der Waals surface area contributed by atoms with E-state index in [-0.39, 0.29) is 18.3 Å². The molecular weight excluding hydrogens is 310 g/mol. The number of fused-ring (bicyclic) bond motifs is 5. The molecule has 0 spiro atoms. The summed E-state index contributed by atoms with van der Waals surface area (Å²) in [4.78, 5) is 11.6. The molecule has 4 heteroatoms. The van der Waals surface area contributed by atoms with Gasteiger partial charge in [-0.2, -0.15) is 0 Å². The summed E-state index contributed by atoms with van der Waals surface area (Å²) in [6.07, 6.45) is 6.75. The molecule has 4 aliphatic rings. The van der Waals surface area contributed by atoms with Crippen molar-refractivity contribution in [3.63, 3.8) is 0 Å². The van der Waals surface area contributed by atoms with Gasteiger partial charge in [-0.15, -0.1) is 0 Å². The molecule has 4 saturated carbocycles. The first kappa shape index (κ1) is 16.8. The average Bonchev–Trinajstić information content (AvgIpc) is 2.86. The van der Waals surface area contributed by atoms with E-state index in [0.29, 0.717) is 30.6 Å². The molecule has 4 rings (SSSR count).